The van der Waals surface area contributed by atoms with Crippen LogP contribution in [0.1, 0.15) is 17.2 Å². The van der Waals surface area contributed by atoms with Crippen LogP contribution in [-0.2, 0) is 5.72 Å². The molecule has 0 aliphatic heterocycles. The molecule has 0 aliphatic carbocycles. The summed E-state index contributed by atoms with van der Waals surface area (Å²) in [5.74, 6) is 0. The molecule has 98 valence electrons. The van der Waals surface area contributed by atoms with Crippen molar-refractivity contribution in [2.75, 3.05) is 0 Å². The van der Waals surface area contributed by atoms with Gasteiger partial charge in [-0.15, -0.1) is 0 Å². The zero-order valence-electron chi connectivity index (χ0n) is 10.7. The van der Waals surface area contributed by atoms with Gasteiger partial charge in [-0.1, -0.05) is 60.7 Å². The first kappa shape index (κ1) is 13.8. The van der Waals surface area contributed by atoms with Crippen LogP contribution in [0.15, 0.2) is 60.7 Å². The van der Waals surface area contributed by atoms with Gasteiger partial charge >= 0.3 is 0 Å². The summed E-state index contributed by atoms with van der Waals surface area (Å²) in [6.07, 6.45) is 0. The van der Waals surface area contributed by atoms with Gasteiger partial charge < -0.3 is 5.11 Å². The van der Waals surface area contributed by atoms with E-state index in [1.807, 2.05) is 12.1 Å². The molecule has 0 bridgehead atoms. The summed E-state index contributed by atoms with van der Waals surface area (Å²) in [6, 6.07) is 20.6. The van der Waals surface area contributed by atoms with Crippen molar-refractivity contribution in [1.82, 2.24) is 5.32 Å². The van der Waals surface area contributed by atoms with Crippen molar-refractivity contribution >= 4 is 0 Å². The third kappa shape index (κ3) is 2.84. The van der Waals surface area contributed by atoms with Gasteiger partial charge in [0.2, 0.25) is 5.72 Å². The van der Waals surface area contributed by atoms with Gasteiger partial charge in [0.25, 0.3) is 0 Å². The number of rotatable bonds is 4. The second-order valence-corrected chi connectivity index (χ2v) is 4.31. The minimum Gasteiger partial charge on any atom is -0.360 e. The smallest absolute Gasteiger partial charge is 0.233 e. The van der Waals surface area contributed by atoms with Gasteiger partial charge in [-0.3, -0.25) is 5.32 Å². The Morgan fingerprint density at radius 2 is 1.50 bits per heavy atom. The summed E-state index contributed by atoms with van der Waals surface area (Å²) >= 11 is 0. The number of benzene rings is 2. The standard InChI is InChI=1S/C16H13N3O/c17-11-15(13-7-3-1-4-8-13)19-16(20,12-18)14-9-5-2-6-10-14/h1-10,15,19-20H. The van der Waals surface area contributed by atoms with Crippen molar-refractivity contribution < 1.29 is 5.11 Å². The Morgan fingerprint density at radius 3 is 2.00 bits per heavy atom. The summed E-state index contributed by atoms with van der Waals surface area (Å²) in [6.45, 7) is 0. The average molecular weight is 263 g/mol. The summed E-state index contributed by atoms with van der Waals surface area (Å²) in [5.41, 5.74) is -0.810. The maximum absolute atomic E-state index is 10.4. The molecule has 0 aromatic heterocycles. The monoisotopic (exact) mass is 263 g/mol. The van der Waals surface area contributed by atoms with Crippen molar-refractivity contribution in [3.05, 3.63) is 71.8 Å². The van der Waals surface area contributed by atoms with Gasteiger partial charge in [0, 0.05) is 5.56 Å². The Labute approximate surface area is 117 Å². The van der Waals surface area contributed by atoms with E-state index in [1.165, 1.54) is 0 Å². The maximum atomic E-state index is 10.4. The minimum atomic E-state index is -1.91. The average Bonchev–Trinajstić information content (AvgIpc) is 2.54. The molecular formula is C16H13N3O. The molecule has 0 aliphatic rings. The van der Waals surface area contributed by atoms with Gasteiger partial charge in [-0.05, 0) is 5.56 Å². The Morgan fingerprint density at radius 1 is 0.950 bits per heavy atom. The van der Waals surface area contributed by atoms with Crippen molar-refractivity contribution in [3.8, 4) is 12.1 Å². The van der Waals surface area contributed by atoms with Crippen LogP contribution in [0.3, 0.4) is 0 Å². The normalized spacial score (nSPS) is 14.6. The van der Waals surface area contributed by atoms with E-state index in [1.54, 1.807) is 54.6 Å². The second-order valence-electron chi connectivity index (χ2n) is 4.31. The fourth-order valence-corrected chi connectivity index (χ4v) is 1.90. The Hall–Kier alpha value is -2.66. The van der Waals surface area contributed by atoms with Crippen LogP contribution in [0.5, 0.6) is 0 Å². The van der Waals surface area contributed by atoms with E-state index < -0.39 is 11.8 Å². The Balaban J connectivity index is 2.31. The van der Waals surface area contributed by atoms with Gasteiger partial charge in [0.1, 0.15) is 12.1 Å². The van der Waals surface area contributed by atoms with E-state index in [4.69, 9.17) is 0 Å². The van der Waals surface area contributed by atoms with Crippen LogP contribution in [-0.4, -0.2) is 5.11 Å². The number of nitriles is 2. The van der Waals surface area contributed by atoms with Crippen LogP contribution in [0, 0.1) is 22.7 Å². The molecule has 0 spiro atoms. The molecule has 0 radical (unpaired) electrons. The predicted octanol–water partition coefficient (Wildman–Crippen LogP) is 2.21. The zero-order chi connectivity index (χ0) is 14.4. The molecule has 2 rings (SSSR count). The maximum Gasteiger partial charge on any atom is 0.233 e. The molecule has 0 saturated carbocycles. The van der Waals surface area contributed by atoms with Crippen LogP contribution in [0.25, 0.3) is 0 Å². The number of nitrogens with one attached hydrogen (secondary N) is 1. The lowest BCUT2D eigenvalue weighted by atomic mass is 10.0. The molecule has 20 heavy (non-hydrogen) atoms. The quantitative estimate of drug-likeness (QED) is 0.654. The lowest BCUT2D eigenvalue weighted by molar-refractivity contribution is 0.0525. The van der Waals surface area contributed by atoms with E-state index in [0.29, 0.717) is 11.1 Å². The summed E-state index contributed by atoms with van der Waals surface area (Å²) in [5, 5.41) is 31.6. The van der Waals surface area contributed by atoms with Gasteiger partial charge in [0.15, 0.2) is 0 Å². The highest BCUT2D eigenvalue weighted by Gasteiger charge is 2.32. The highest BCUT2D eigenvalue weighted by atomic mass is 16.3. The molecule has 2 N–H and O–H groups in total. The van der Waals surface area contributed by atoms with Crippen molar-refractivity contribution in [2.24, 2.45) is 0 Å². The van der Waals surface area contributed by atoms with E-state index in [9.17, 15) is 15.6 Å². The molecule has 0 heterocycles. The first-order valence-corrected chi connectivity index (χ1v) is 6.11. The molecule has 2 atom stereocenters. The number of aliphatic hydroxyl groups is 1. The van der Waals surface area contributed by atoms with E-state index in [0.717, 1.165) is 0 Å². The third-order valence-corrected chi connectivity index (χ3v) is 2.97. The SMILES string of the molecule is N#CC(NC(O)(C#N)c1ccccc1)c1ccccc1. The lowest BCUT2D eigenvalue weighted by Gasteiger charge is -2.25. The van der Waals surface area contributed by atoms with E-state index in [2.05, 4.69) is 11.4 Å². The zero-order valence-corrected chi connectivity index (χ0v) is 10.7. The van der Waals surface area contributed by atoms with Crippen LogP contribution < -0.4 is 5.32 Å². The molecule has 4 heteroatoms. The van der Waals surface area contributed by atoms with E-state index in [-0.39, 0.29) is 0 Å². The van der Waals surface area contributed by atoms with Crippen molar-refractivity contribution in [1.29, 1.82) is 10.5 Å². The molecule has 0 fully saturated rings. The van der Waals surface area contributed by atoms with E-state index >= 15 is 0 Å². The predicted molar refractivity (Wildman–Crippen MR) is 73.9 cm³/mol. The van der Waals surface area contributed by atoms with Crippen LogP contribution in [0.2, 0.25) is 0 Å². The molecule has 2 unspecified atom stereocenters. The Bertz CT molecular complexity index is 643. The lowest BCUT2D eigenvalue weighted by Crippen LogP contribution is -2.42. The molecule has 0 amide bonds. The number of hydrogen-bond acceptors (Lipinski definition) is 4. The molecule has 2 aromatic carbocycles. The van der Waals surface area contributed by atoms with Crippen LogP contribution >= 0.6 is 0 Å². The summed E-state index contributed by atoms with van der Waals surface area (Å²) in [7, 11) is 0. The number of nitrogens with zero attached hydrogens (tertiary/aromatic N) is 2. The molecule has 2 aromatic rings. The van der Waals surface area contributed by atoms with Crippen molar-refractivity contribution in [2.45, 2.75) is 11.8 Å². The Kier molecular flexibility index (Phi) is 4.12. The first-order chi connectivity index (χ1) is 9.69. The third-order valence-electron chi connectivity index (χ3n) is 2.97. The molecule has 0 saturated heterocycles. The highest BCUT2D eigenvalue weighted by molar-refractivity contribution is 5.31. The number of hydrogen-bond donors (Lipinski definition) is 2. The first-order valence-electron chi connectivity index (χ1n) is 6.11. The van der Waals surface area contributed by atoms with Gasteiger partial charge in [-0.25, -0.2) is 0 Å². The van der Waals surface area contributed by atoms with Crippen molar-refractivity contribution in [3.63, 3.8) is 0 Å². The summed E-state index contributed by atoms with van der Waals surface area (Å²) in [4.78, 5) is 0. The molecular weight excluding hydrogens is 250 g/mol. The largest absolute Gasteiger partial charge is 0.360 e. The highest BCUT2D eigenvalue weighted by Crippen LogP contribution is 2.22. The van der Waals surface area contributed by atoms with Crippen LogP contribution in [0.4, 0.5) is 0 Å². The minimum absolute atomic E-state index is 0.402. The van der Waals surface area contributed by atoms with Gasteiger partial charge in [-0.2, -0.15) is 10.5 Å². The second kappa shape index (κ2) is 5.99. The van der Waals surface area contributed by atoms with Gasteiger partial charge in [0.05, 0.1) is 6.07 Å². The topological polar surface area (TPSA) is 79.8 Å². The summed E-state index contributed by atoms with van der Waals surface area (Å²) < 4.78 is 0. The fourth-order valence-electron chi connectivity index (χ4n) is 1.90. The molecule has 4 nitrogen and oxygen atoms in total. The fraction of sp³-hybridized carbons (Fsp3) is 0.125.